The SMILES string of the molecule is CCOC(=O)C1=C(C)n2c(s/c(=C\c3cc(OCC)c(OCc4ccccc4)cc3[N+](=O)[O-])c2=O)=N[C@H]1c1ccc(OCc2ccccc2)c(OC)c1. The van der Waals surface area contributed by atoms with Gasteiger partial charge in [-0.3, -0.25) is 19.5 Å². The zero-order chi connectivity index (χ0) is 37.5. The summed E-state index contributed by atoms with van der Waals surface area (Å²) in [4.78, 5) is 44.4. The number of aromatic nitrogens is 1. The van der Waals surface area contributed by atoms with Crippen molar-refractivity contribution in [1.29, 1.82) is 0 Å². The van der Waals surface area contributed by atoms with Gasteiger partial charge in [0.2, 0.25) is 0 Å². The molecule has 0 unspecified atom stereocenters. The predicted molar refractivity (Wildman–Crippen MR) is 200 cm³/mol. The number of carbonyl (C=O) groups excluding carboxylic acids is 1. The Hall–Kier alpha value is -6.21. The van der Waals surface area contributed by atoms with Crippen LogP contribution in [0.15, 0.2) is 106 Å². The molecule has 0 saturated heterocycles. The zero-order valence-electron chi connectivity index (χ0n) is 29.6. The minimum absolute atomic E-state index is 0.110. The number of benzene rings is 4. The summed E-state index contributed by atoms with van der Waals surface area (Å²) in [6, 6.07) is 26.3. The number of hydrogen-bond acceptors (Lipinski definition) is 11. The number of ether oxygens (including phenoxy) is 5. The molecule has 1 aliphatic rings. The minimum atomic E-state index is -0.850. The Morgan fingerprint density at radius 3 is 2.11 bits per heavy atom. The fraction of sp³-hybridized carbons (Fsp3) is 0.225. The third-order valence-corrected chi connectivity index (χ3v) is 9.38. The number of rotatable bonds is 14. The standard InChI is InChI=1S/C40H37N3O9S/c1-5-49-33-20-29(30(43(46)47)22-34(33)52-24-27-15-11-8-12-16-27)21-35-38(44)42-25(3)36(39(45)50-6-2)37(41-40(42)53-35)28-17-18-31(32(19-28)48-4)51-23-26-13-9-7-10-14-26/h7-22,37H,5-6,23-24H2,1-4H3/b35-21-/t37-/m0/s1. The third kappa shape index (κ3) is 8.00. The molecule has 53 heavy (non-hydrogen) atoms. The van der Waals surface area contributed by atoms with Gasteiger partial charge in [0.15, 0.2) is 27.8 Å². The average Bonchev–Trinajstić information content (AvgIpc) is 3.48. The Morgan fingerprint density at radius 1 is 0.868 bits per heavy atom. The van der Waals surface area contributed by atoms with Gasteiger partial charge >= 0.3 is 5.97 Å². The van der Waals surface area contributed by atoms with Gasteiger partial charge in [-0.05, 0) is 61.7 Å². The van der Waals surface area contributed by atoms with Gasteiger partial charge in [0.25, 0.3) is 11.2 Å². The molecule has 0 amide bonds. The number of esters is 1. The van der Waals surface area contributed by atoms with Gasteiger partial charge in [-0.15, -0.1) is 0 Å². The van der Waals surface area contributed by atoms with Crippen LogP contribution in [0.4, 0.5) is 5.69 Å². The number of allylic oxidation sites excluding steroid dienone is 1. The summed E-state index contributed by atoms with van der Waals surface area (Å²) in [6.07, 6.45) is 1.43. The first-order chi connectivity index (χ1) is 25.7. The first kappa shape index (κ1) is 36.6. The molecule has 0 saturated carbocycles. The smallest absolute Gasteiger partial charge is 0.338 e. The summed E-state index contributed by atoms with van der Waals surface area (Å²) < 4.78 is 30.4. The summed E-state index contributed by atoms with van der Waals surface area (Å²) in [5.74, 6) is 0.802. The molecular weight excluding hydrogens is 699 g/mol. The number of nitro benzene ring substituents is 1. The molecule has 6 rings (SSSR count). The maximum Gasteiger partial charge on any atom is 0.338 e. The summed E-state index contributed by atoms with van der Waals surface area (Å²) in [5.41, 5.74) is 2.35. The molecule has 1 aliphatic heterocycles. The summed E-state index contributed by atoms with van der Waals surface area (Å²) >= 11 is 1.05. The maximum atomic E-state index is 14.0. The highest BCUT2D eigenvalue weighted by molar-refractivity contribution is 7.07. The van der Waals surface area contributed by atoms with Crippen molar-refractivity contribution in [2.75, 3.05) is 20.3 Å². The lowest BCUT2D eigenvalue weighted by Crippen LogP contribution is -2.35. The van der Waals surface area contributed by atoms with Crippen LogP contribution in [0.5, 0.6) is 23.0 Å². The lowest BCUT2D eigenvalue weighted by atomic mass is 9.96. The molecule has 0 bridgehead atoms. The Bertz CT molecular complexity index is 2350. The monoisotopic (exact) mass is 735 g/mol. The molecule has 2 heterocycles. The van der Waals surface area contributed by atoms with Crippen molar-refractivity contribution in [1.82, 2.24) is 4.57 Å². The topological polar surface area (TPSA) is 141 Å². The second kappa shape index (κ2) is 16.4. The predicted octanol–water partition coefficient (Wildman–Crippen LogP) is 6.38. The maximum absolute atomic E-state index is 14.0. The second-order valence-corrected chi connectivity index (χ2v) is 12.8. The zero-order valence-corrected chi connectivity index (χ0v) is 30.4. The van der Waals surface area contributed by atoms with E-state index in [2.05, 4.69) is 0 Å². The van der Waals surface area contributed by atoms with E-state index in [1.807, 2.05) is 60.7 Å². The van der Waals surface area contributed by atoms with Crippen LogP contribution in [0.3, 0.4) is 0 Å². The van der Waals surface area contributed by atoms with E-state index < -0.39 is 22.5 Å². The van der Waals surface area contributed by atoms with Gasteiger partial charge < -0.3 is 23.7 Å². The molecule has 0 fully saturated rings. The molecule has 13 heteroatoms. The van der Waals surface area contributed by atoms with Crippen molar-refractivity contribution in [3.05, 3.63) is 149 Å². The Labute approximate surface area is 309 Å². The van der Waals surface area contributed by atoms with Crippen LogP contribution in [0.1, 0.15) is 49.1 Å². The quantitative estimate of drug-likeness (QED) is 0.0722. The molecule has 4 aromatic carbocycles. The highest BCUT2D eigenvalue weighted by Gasteiger charge is 2.32. The fourth-order valence-electron chi connectivity index (χ4n) is 5.86. The number of methoxy groups -OCH3 is 1. The van der Waals surface area contributed by atoms with Crippen molar-refractivity contribution in [3.8, 4) is 23.0 Å². The number of hydrogen-bond donors (Lipinski definition) is 0. The first-order valence-corrected chi connectivity index (χ1v) is 17.7. The van der Waals surface area contributed by atoms with Crippen LogP contribution >= 0.6 is 11.3 Å². The minimum Gasteiger partial charge on any atom is -0.493 e. The Kier molecular flexibility index (Phi) is 11.3. The molecule has 5 aromatic rings. The average molecular weight is 736 g/mol. The van der Waals surface area contributed by atoms with Crippen molar-refractivity contribution < 1.29 is 33.4 Å². The molecule has 12 nitrogen and oxygen atoms in total. The molecule has 0 spiro atoms. The van der Waals surface area contributed by atoms with Crippen molar-refractivity contribution in [2.24, 2.45) is 4.99 Å². The second-order valence-electron chi connectivity index (χ2n) is 11.8. The number of thiazole rings is 1. The van der Waals surface area contributed by atoms with Crippen LogP contribution in [0.2, 0.25) is 0 Å². The van der Waals surface area contributed by atoms with Crippen LogP contribution in [-0.4, -0.2) is 35.8 Å². The van der Waals surface area contributed by atoms with Crippen LogP contribution in [0, 0.1) is 10.1 Å². The highest BCUT2D eigenvalue weighted by Crippen LogP contribution is 2.38. The lowest BCUT2D eigenvalue weighted by molar-refractivity contribution is -0.385. The fourth-order valence-corrected chi connectivity index (χ4v) is 6.89. The van der Waals surface area contributed by atoms with E-state index in [0.717, 1.165) is 22.5 Å². The van der Waals surface area contributed by atoms with Gasteiger partial charge in [-0.1, -0.05) is 78.1 Å². The molecular formula is C40H37N3O9S. The molecule has 1 aromatic heterocycles. The highest BCUT2D eigenvalue weighted by atomic mass is 32.1. The van der Waals surface area contributed by atoms with Crippen LogP contribution < -0.4 is 33.8 Å². The van der Waals surface area contributed by atoms with E-state index in [1.54, 1.807) is 39.0 Å². The number of carbonyl (C=O) groups is 1. The van der Waals surface area contributed by atoms with E-state index in [0.29, 0.717) is 34.2 Å². The number of nitro groups is 1. The Morgan fingerprint density at radius 2 is 1.51 bits per heavy atom. The van der Waals surface area contributed by atoms with Gasteiger partial charge in [-0.2, -0.15) is 0 Å². The molecule has 1 atom stereocenters. The summed E-state index contributed by atoms with van der Waals surface area (Å²) in [6.45, 7) is 6.03. The Balaban J connectivity index is 1.43. The number of nitrogens with zero attached hydrogens (tertiary/aromatic N) is 3. The van der Waals surface area contributed by atoms with E-state index in [9.17, 15) is 19.7 Å². The van der Waals surface area contributed by atoms with E-state index in [4.69, 9.17) is 28.7 Å². The van der Waals surface area contributed by atoms with Crippen LogP contribution in [-0.2, 0) is 22.7 Å². The lowest BCUT2D eigenvalue weighted by Gasteiger charge is -2.23. The van der Waals surface area contributed by atoms with E-state index in [1.165, 1.54) is 29.9 Å². The summed E-state index contributed by atoms with van der Waals surface area (Å²) in [5, 5.41) is 12.3. The first-order valence-electron chi connectivity index (χ1n) is 16.9. The summed E-state index contributed by atoms with van der Waals surface area (Å²) in [7, 11) is 1.52. The van der Waals surface area contributed by atoms with Crippen molar-refractivity contribution >= 4 is 34.8 Å². The van der Waals surface area contributed by atoms with Crippen molar-refractivity contribution in [3.63, 3.8) is 0 Å². The normalized spacial score (nSPS) is 13.9. The molecule has 0 aliphatic carbocycles. The van der Waals surface area contributed by atoms with Gasteiger partial charge in [0, 0.05) is 5.70 Å². The van der Waals surface area contributed by atoms with Gasteiger partial charge in [-0.25, -0.2) is 9.79 Å². The third-order valence-electron chi connectivity index (χ3n) is 8.39. The van der Waals surface area contributed by atoms with Crippen LogP contribution in [0.25, 0.3) is 11.8 Å². The van der Waals surface area contributed by atoms with E-state index >= 15 is 0 Å². The van der Waals surface area contributed by atoms with Gasteiger partial charge in [0.1, 0.15) is 19.3 Å². The van der Waals surface area contributed by atoms with Crippen molar-refractivity contribution in [2.45, 2.75) is 40.0 Å². The molecule has 272 valence electrons. The van der Waals surface area contributed by atoms with Gasteiger partial charge in [0.05, 0.1) is 47.0 Å². The molecule has 0 radical (unpaired) electrons. The molecule has 0 N–H and O–H groups in total. The van der Waals surface area contributed by atoms with E-state index in [-0.39, 0.29) is 52.7 Å². The largest absolute Gasteiger partial charge is 0.493 e. The number of fused-ring (bicyclic) bond motifs is 1.